The predicted octanol–water partition coefficient (Wildman–Crippen LogP) is 3.11. The van der Waals surface area contributed by atoms with E-state index >= 15 is 0 Å². The van der Waals surface area contributed by atoms with Crippen LogP contribution < -0.4 is 4.74 Å². The Hall–Kier alpha value is -0.730. The number of aldehydes is 1. The highest BCUT2D eigenvalue weighted by molar-refractivity contribution is 6.28. The van der Waals surface area contributed by atoms with Gasteiger partial charge >= 0.3 is 0 Å². The Labute approximate surface area is 99.1 Å². The minimum Gasteiger partial charge on any atom is -0.493 e. The van der Waals surface area contributed by atoms with E-state index in [-0.39, 0.29) is 5.38 Å². The third-order valence-corrected chi connectivity index (χ3v) is 2.81. The molecule has 82 valence electrons. The Bertz CT molecular complexity index is 315. The summed E-state index contributed by atoms with van der Waals surface area (Å²) in [4.78, 5) is 10.7. The van der Waals surface area contributed by atoms with Gasteiger partial charge < -0.3 is 4.74 Å². The van der Waals surface area contributed by atoms with Gasteiger partial charge in [-0.3, -0.25) is 4.79 Å². The third kappa shape index (κ3) is 4.10. The van der Waals surface area contributed by atoms with Crippen LogP contribution >= 0.6 is 23.2 Å². The molecule has 15 heavy (non-hydrogen) atoms. The minimum atomic E-state index is -0.0879. The second kappa shape index (κ2) is 6.70. The molecule has 0 amide bonds. The van der Waals surface area contributed by atoms with E-state index in [0.717, 1.165) is 6.29 Å². The van der Waals surface area contributed by atoms with Crippen LogP contribution in [-0.4, -0.2) is 24.2 Å². The van der Waals surface area contributed by atoms with Crippen LogP contribution in [0.2, 0.25) is 0 Å². The van der Waals surface area contributed by atoms with Gasteiger partial charge in [-0.1, -0.05) is 12.1 Å². The lowest BCUT2D eigenvalue weighted by molar-refractivity contribution is 0.111. The second-order valence-electron chi connectivity index (χ2n) is 3.04. The van der Waals surface area contributed by atoms with E-state index in [1.54, 1.807) is 18.2 Å². The number of carbonyl (C=O) groups excluding carboxylic acids is 1. The summed E-state index contributed by atoms with van der Waals surface area (Å²) in [6, 6.07) is 7.08. The van der Waals surface area contributed by atoms with E-state index < -0.39 is 0 Å². The van der Waals surface area contributed by atoms with E-state index in [9.17, 15) is 4.79 Å². The van der Waals surface area contributed by atoms with Crippen LogP contribution in [0.4, 0.5) is 0 Å². The van der Waals surface area contributed by atoms with Crippen LogP contribution in [0.15, 0.2) is 24.3 Å². The standard InChI is InChI=1S/C11H12Cl2O2/c12-7-10(13)5-6-15-11-4-2-1-3-9(11)8-14/h1-4,8,10H,5-7H2. The molecule has 0 bridgehead atoms. The summed E-state index contributed by atoms with van der Waals surface area (Å²) >= 11 is 11.4. The first-order valence-electron chi connectivity index (χ1n) is 4.65. The molecule has 0 saturated carbocycles. The van der Waals surface area contributed by atoms with Gasteiger partial charge in [0.2, 0.25) is 0 Å². The first kappa shape index (κ1) is 12.3. The van der Waals surface area contributed by atoms with Crippen LogP contribution in [0.3, 0.4) is 0 Å². The van der Waals surface area contributed by atoms with E-state index in [2.05, 4.69) is 0 Å². The first-order chi connectivity index (χ1) is 7.27. The van der Waals surface area contributed by atoms with Crippen LogP contribution in [0.5, 0.6) is 5.75 Å². The smallest absolute Gasteiger partial charge is 0.153 e. The molecule has 0 aliphatic carbocycles. The molecule has 0 radical (unpaired) electrons. The van der Waals surface area contributed by atoms with Crippen LogP contribution in [0.1, 0.15) is 16.8 Å². The molecule has 0 saturated heterocycles. The number of ether oxygens (including phenoxy) is 1. The maximum Gasteiger partial charge on any atom is 0.153 e. The topological polar surface area (TPSA) is 26.3 Å². The number of alkyl halides is 2. The van der Waals surface area contributed by atoms with E-state index in [4.69, 9.17) is 27.9 Å². The largest absolute Gasteiger partial charge is 0.493 e. The van der Waals surface area contributed by atoms with Crippen molar-refractivity contribution in [1.29, 1.82) is 0 Å². The SMILES string of the molecule is O=Cc1ccccc1OCCC(Cl)CCl. The normalized spacial score (nSPS) is 12.1. The fraction of sp³-hybridized carbons (Fsp3) is 0.364. The van der Waals surface area contributed by atoms with Crippen molar-refractivity contribution in [3.63, 3.8) is 0 Å². The zero-order chi connectivity index (χ0) is 11.1. The van der Waals surface area contributed by atoms with Crippen molar-refractivity contribution in [3.8, 4) is 5.75 Å². The van der Waals surface area contributed by atoms with Gasteiger partial charge in [-0.15, -0.1) is 23.2 Å². The van der Waals surface area contributed by atoms with Gasteiger partial charge in [0, 0.05) is 5.88 Å². The Morgan fingerprint density at radius 2 is 2.13 bits per heavy atom. The molecule has 4 heteroatoms. The van der Waals surface area contributed by atoms with E-state index in [1.165, 1.54) is 0 Å². The van der Waals surface area contributed by atoms with Crippen LogP contribution in [-0.2, 0) is 0 Å². The molecular formula is C11H12Cl2O2. The lowest BCUT2D eigenvalue weighted by Gasteiger charge is -2.09. The monoisotopic (exact) mass is 246 g/mol. The molecule has 0 aromatic heterocycles. The molecule has 1 unspecified atom stereocenters. The third-order valence-electron chi connectivity index (χ3n) is 1.90. The van der Waals surface area contributed by atoms with E-state index in [1.807, 2.05) is 6.07 Å². The summed E-state index contributed by atoms with van der Waals surface area (Å²) in [5, 5.41) is -0.0879. The molecule has 2 nitrogen and oxygen atoms in total. The van der Waals surface area contributed by atoms with Crippen molar-refractivity contribution < 1.29 is 9.53 Å². The van der Waals surface area contributed by atoms with Crippen molar-refractivity contribution in [1.82, 2.24) is 0 Å². The molecule has 0 aliphatic heterocycles. The summed E-state index contributed by atoms with van der Waals surface area (Å²) in [5.74, 6) is 0.992. The molecule has 0 heterocycles. The number of hydrogen-bond donors (Lipinski definition) is 0. The van der Waals surface area contributed by atoms with Gasteiger partial charge in [-0.2, -0.15) is 0 Å². The Balaban J connectivity index is 2.46. The number of para-hydroxylation sites is 1. The first-order valence-corrected chi connectivity index (χ1v) is 5.62. The summed E-state index contributed by atoms with van der Waals surface area (Å²) in [7, 11) is 0. The lowest BCUT2D eigenvalue weighted by Crippen LogP contribution is -2.08. The summed E-state index contributed by atoms with van der Waals surface area (Å²) in [6.07, 6.45) is 1.44. The quantitative estimate of drug-likeness (QED) is 0.570. The zero-order valence-electron chi connectivity index (χ0n) is 8.16. The van der Waals surface area contributed by atoms with Gasteiger partial charge in [0.05, 0.1) is 17.5 Å². The lowest BCUT2D eigenvalue weighted by atomic mass is 10.2. The average molecular weight is 247 g/mol. The molecular weight excluding hydrogens is 235 g/mol. The van der Waals surface area contributed by atoms with E-state index in [0.29, 0.717) is 30.2 Å². The van der Waals surface area contributed by atoms with Gasteiger partial charge in [0.25, 0.3) is 0 Å². The molecule has 1 aromatic rings. The summed E-state index contributed by atoms with van der Waals surface area (Å²) in [6.45, 7) is 0.464. The Morgan fingerprint density at radius 3 is 2.80 bits per heavy atom. The Kier molecular flexibility index (Phi) is 5.51. The van der Waals surface area contributed by atoms with Gasteiger partial charge in [-0.25, -0.2) is 0 Å². The van der Waals surface area contributed by atoms with Crippen molar-refractivity contribution >= 4 is 29.5 Å². The van der Waals surface area contributed by atoms with Crippen molar-refractivity contribution in [3.05, 3.63) is 29.8 Å². The summed E-state index contributed by atoms with van der Waals surface area (Å²) < 4.78 is 5.43. The molecule has 1 aromatic carbocycles. The fourth-order valence-corrected chi connectivity index (χ4v) is 1.33. The molecule has 0 aliphatic rings. The molecule has 1 rings (SSSR count). The highest BCUT2D eigenvalue weighted by Gasteiger charge is 2.04. The molecule has 0 spiro atoms. The van der Waals surface area contributed by atoms with Gasteiger partial charge in [0.15, 0.2) is 6.29 Å². The maximum atomic E-state index is 10.7. The summed E-state index contributed by atoms with van der Waals surface area (Å²) in [5.41, 5.74) is 0.550. The van der Waals surface area contributed by atoms with Crippen molar-refractivity contribution in [2.75, 3.05) is 12.5 Å². The maximum absolute atomic E-state index is 10.7. The van der Waals surface area contributed by atoms with Crippen LogP contribution in [0.25, 0.3) is 0 Å². The van der Waals surface area contributed by atoms with Gasteiger partial charge in [0.1, 0.15) is 5.75 Å². The number of carbonyl (C=O) groups is 1. The van der Waals surface area contributed by atoms with Crippen molar-refractivity contribution in [2.24, 2.45) is 0 Å². The number of benzene rings is 1. The van der Waals surface area contributed by atoms with Crippen molar-refractivity contribution in [2.45, 2.75) is 11.8 Å². The number of rotatable bonds is 6. The predicted molar refractivity (Wildman–Crippen MR) is 62.3 cm³/mol. The highest BCUT2D eigenvalue weighted by Crippen LogP contribution is 2.16. The molecule has 1 atom stereocenters. The minimum absolute atomic E-state index is 0.0879. The Morgan fingerprint density at radius 1 is 1.40 bits per heavy atom. The highest BCUT2D eigenvalue weighted by atomic mass is 35.5. The number of halogens is 2. The molecule has 0 fully saturated rings. The second-order valence-corrected chi connectivity index (χ2v) is 3.97. The zero-order valence-corrected chi connectivity index (χ0v) is 9.67. The fourth-order valence-electron chi connectivity index (χ4n) is 1.08. The molecule has 0 N–H and O–H groups in total. The van der Waals surface area contributed by atoms with Crippen LogP contribution in [0, 0.1) is 0 Å². The van der Waals surface area contributed by atoms with Gasteiger partial charge in [-0.05, 0) is 18.6 Å². The average Bonchev–Trinajstić information content (AvgIpc) is 2.29. The number of hydrogen-bond acceptors (Lipinski definition) is 2.